The highest BCUT2D eigenvalue weighted by Crippen LogP contribution is 2.12. The van der Waals surface area contributed by atoms with Gasteiger partial charge in [0.1, 0.15) is 18.2 Å². The zero-order chi connectivity index (χ0) is 19.6. The summed E-state index contributed by atoms with van der Waals surface area (Å²) in [5, 5.41) is 2.80. The third-order valence-corrected chi connectivity index (χ3v) is 4.65. The predicted molar refractivity (Wildman–Crippen MR) is 107 cm³/mol. The maximum atomic E-state index is 12.8. The van der Waals surface area contributed by atoms with Crippen molar-refractivity contribution in [2.75, 3.05) is 37.0 Å². The average molecular weight is 390 g/mol. The molecule has 2 rings (SSSR count). The number of hydrogen-bond donors (Lipinski definition) is 1. The molecule has 0 aromatic heterocycles. The van der Waals surface area contributed by atoms with Gasteiger partial charge < -0.3 is 15.0 Å². The van der Waals surface area contributed by atoms with Gasteiger partial charge in [-0.15, -0.1) is 11.8 Å². The summed E-state index contributed by atoms with van der Waals surface area (Å²) < 4.78 is 18.3. The standard InChI is InChI=1S/C20H23FN2O3S/c1-15-3-7-17(8-4-15)22-19(24)13-27-14-20(25)23(2)11-12-26-18-9-5-16(21)6-10-18/h3-10H,11-14H2,1-2H3,(H,22,24). The van der Waals surface area contributed by atoms with E-state index in [4.69, 9.17) is 4.74 Å². The number of thioether (sulfide) groups is 1. The van der Waals surface area contributed by atoms with E-state index in [1.165, 1.54) is 23.9 Å². The fourth-order valence-electron chi connectivity index (χ4n) is 2.13. The number of nitrogens with one attached hydrogen (secondary N) is 1. The Morgan fingerprint density at radius 1 is 1.07 bits per heavy atom. The summed E-state index contributed by atoms with van der Waals surface area (Å²) in [6, 6.07) is 13.3. The van der Waals surface area contributed by atoms with Gasteiger partial charge in [0, 0.05) is 12.7 Å². The summed E-state index contributed by atoms with van der Waals surface area (Å²) in [5.41, 5.74) is 1.87. The minimum Gasteiger partial charge on any atom is -0.492 e. The molecule has 0 spiro atoms. The summed E-state index contributed by atoms with van der Waals surface area (Å²) >= 11 is 1.27. The van der Waals surface area contributed by atoms with E-state index >= 15 is 0 Å². The first-order valence-corrected chi connectivity index (χ1v) is 9.66. The van der Waals surface area contributed by atoms with Gasteiger partial charge in [-0.25, -0.2) is 4.39 Å². The van der Waals surface area contributed by atoms with E-state index in [-0.39, 0.29) is 29.1 Å². The second-order valence-corrected chi connectivity index (χ2v) is 7.01. The molecule has 0 fully saturated rings. The highest BCUT2D eigenvalue weighted by molar-refractivity contribution is 8.00. The van der Waals surface area contributed by atoms with Crippen molar-refractivity contribution >= 4 is 29.3 Å². The Morgan fingerprint density at radius 2 is 1.74 bits per heavy atom. The van der Waals surface area contributed by atoms with Gasteiger partial charge >= 0.3 is 0 Å². The Kier molecular flexibility index (Phi) is 8.13. The number of carbonyl (C=O) groups is 2. The van der Waals surface area contributed by atoms with E-state index in [9.17, 15) is 14.0 Å². The van der Waals surface area contributed by atoms with Gasteiger partial charge in [0.15, 0.2) is 0 Å². The molecule has 1 N–H and O–H groups in total. The Hall–Kier alpha value is -2.54. The highest BCUT2D eigenvalue weighted by Gasteiger charge is 2.10. The first-order valence-electron chi connectivity index (χ1n) is 8.50. The number of rotatable bonds is 9. The van der Waals surface area contributed by atoms with Crippen LogP contribution in [0.3, 0.4) is 0 Å². The summed E-state index contributed by atoms with van der Waals surface area (Å²) in [4.78, 5) is 25.5. The third kappa shape index (κ3) is 7.70. The largest absolute Gasteiger partial charge is 0.492 e. The molecule has 0 saturated heterocycles. The third-order valence-electron chi connectivity index (χ3n) is 3.73. The molecular formula is C20H23FN2O3S. The quantitative estimate of drug-likeness (QED) is 0.713. The molecule has 0 bridgehead atoms. The van der Waals surface area contributed by atoms with Gasteiger partial charge in [0.2, 0.25) is 11.8 Å². The molecule has 0 unspecified atom stereocenters. The number of carbonyl (C=O) groups excluding carboxylic acids is 2. The number of benzene rings is 2. The molecule has 2 aromatic carbocycles. The van der Waals surface area contributed by atoms with Gasteiger partial charge in [-0.3, -0.25) is 9.59 Å². The molecule has 0 heterocycles. The zero-order valence-electron chi connectivity index (χ0n) is 15.4. The molecule has 2 amide bonds. The smallest absolute Gasteiger partial charge is 0.234 e. The number of halogens is 1. The minimum atomic E-state index is -0.321. The second-order valence-electron chi connectivity index (χ2n) is 6.02. The van der Waals surface area contributed by atoms with Crippen LogP contribution in [0.1, 0.15) is 5.56 Å². The minimum absolute atomic E-state index is 0.0779. The molecule has 7 heteroatoms. The zero-order valence-corrected chi connectivity index (χ0v) is 16.2. The van der Waals surface area contributed by atoms with Crippen LogP contribution in [0, 0.1) is 12.7 Å². The van der Waals surface area contributed by atoms with Crippen molar-refractivity contribution in [1.29, 1.82) is 0 Å². The fraction of sp³-hybridized carbons (Fsp3) is 0.300. The number of aryl methyl sites for hydroxylation is 1. The van der Waals surface area contributed by atoms with Crippen molar-refractivity contribution in [3.8, 4) is 5.75 Å². The van der Waals surface area contributed by atoms with Crippen molar-refractivity contribution in [2.24, 2.45) is 0 Å². The van der Waals surface area contributed by atoms with Crippen LogP contribution < -0.4 is 10.1 Å². The summed E-state index contributed by atoms with van der Waals surface area (Å²) in [5.74, 6) is 0.441. The Morgan fingerprint density at radius 3 is 2.41 bits per heavy atom. The molecule has 27 heavy (non-hydrogen) atoms. The van der Waals surface area contributed by atoms with E-state index in [2.05, 4.69) is 5.32 Å². The number of nitrogens with zero attached hydrogens (tertiary/aromatic N) is 1. The SMILES string of the molecule is Cc1ccc(NC(=O)CSCC(=O)N(C)CCOc2ccc(F)cc2)cc1. The Balaban J connectivity index is 1.61. The van der Waals surface area contributed by atoms with Crippen LogP contribution in [0.2, 0.25) is 0 Å². The van der Waals surface area contributed by atoms with Crippen LogP contribution in [0.4, 0.5) is 10.1 Å². The number of hydrogen-bond acceptors (Lipinski definition) is 4. The van der Waals surface area contributed by atoms with Crippen molar-refractivity contribution in [1.82, 2.24) is 4.90 Å². The lowest BCUT2D eigenvalue weighted by Crippen LogP contribution is -2.32. The molecule has 0 saturated carbocycles. The Bertz CT molecular complexity index is 751. The summed E-state index contributed by atoms with van der Waals surface area (Å²) in [6.45, 7) is 2.70. The van der Waals surface area contributed by atoms with Crippen LogP contribution in [-0.2, 0) is 9.59 Å². The normalized spacial score (nSPS) is 10.3. The van der Waals surface area contributed by atoms with E-state index in [0.717, 1.165) is 11.3 Å². The van der Waals surface area contributed by atoms with Crippen LogP contribution >= 0.6 is 11.8 Å². The predicted octanol–water partition coefficient (Wildman–Crippen LogP) is 3.34. The average Bonchev–Trinajstić information content (AvgIpc) is 2.65. The second kappa shape index (κ2) is 10.6. The molecule has 144 valence electrons. The van der Waals surface area contributed by atoms with Gasteiger partial charge in [-0.1, -0.05) is 17.7 Å². The topological polar surface area (TPSA) is 58.6 Å². The molecule has 0 aliphatic rings. The summed E-state index contributed by atoms with van der Waals surface area (Å²) in [7, 11) is 1.68. The molecule has 0 aliphatic heterocycles. The van der Waals surface area contributed by atoms with E-state index in [1.807, 2.05) is 31.2 Å². The van der Waals surface area contributed by atoms with Gasteiger partial charge in [-0.05, 0) is 43.3 Å². The van der Waals surface area contributed by atoms with E-state index in [0.29, 0.717) is 18.9 Å². The maximum absolute atomic E-state index is 12.8. The van der Waals surface area contributed by atoms with Gasteiger partial charge in [-0.2, -0.15) is 0 Å². The van der Waals surface area contributed by atoms with Crippen molar-refractivity contribution < 1.29 is 18.7 Å². The molecule has 0 radical (unpaired) electrons. The molecule has 5 nitrogen and oxygen atoms in total. The number of likely N-dealkylation sites (N-methyl/N-ethyl adjacent to an activating group) is 1. The van der Waals surface area contributed by atoms with Crippen LogP contribution in [0.15, 0.2) is 48.5 Å². The van der Waals surface area contributed by atoms with Gasteiger partial charge in [0.05, 0.1) is 18.1 Å². The van der Waals surface area contributed by atoms with Crippen molar-refractivity contribution in [2.45, 2.75) is 6.92 Å². The maximum Gasteiger partial charge on any atom is 0.234 e. The molecule has 0 atom stereocenters. The van der Waals surface area contributed by atoms with Crippen LogP contribution in [0.25, 0.3) is 0 Å². The lowest BCUT2D eigenvalue weighted by atomic mass is 10.2. The number of ether oxygens (including phenoxy) is 1. The summed E-state index contributed by atoms with van der Waals surface area (Å²) in [6.07, 6.45) is 0. The lowest BCUT2D eigenvalue weighted by Gasteiger charge is -2.17. The fourth-order valence-corrected chi connectivity index (χ4v) is 2.89. The van der Waals surface area contributed by atoms with Crippen LogP contribution in [-0.4, -0.2) is 48.4 Å². The Labute approximate surface area is 162 Å². The number of anilines is 1. The molecule has 0 aliphatic carbocycles. The lowest BCUT2D eigenvalue weighted by molar-refractivity contribution is -0.127. The van der Waals surface area contributed by atoms with E-state index in [1.54, 1.807) is 24.1 Å². The highest BCUT2D eigenvalue weighted by atomic mass is 32.2. The molecule has 2 aromatic rings. The first-order chi connectivity index (χ1) is 12.9. The monoisotopic (exact) mass is 390 g/mol. The van der Waals surface area contributed by atoms with Crippen molar-refractivity contribution in [3.63, 3.8) is 0 Å². The van der Waals surface area contributed by atoms with Gasteiger partial charge in [0.25, 0.3) is 0 Å². The van der Waals surface area contributed by atoms with Crippen LogP contribution in [0.5, 0.6) is 5.75 Å². The molecular weight excluding hydrogens is 367 g/mol. The van der Waals surface area contributed by atoms with E-state index < -0.39 is 0 Å². The first kappa shape index (κ1) is 20.8. The van der Waals surface area contributed by atoms with Crippen molar-refractivity contribution in [3.05, 3.63) is 59.9 Å². The number of amides is 2.